The smallest absolute Gasteiger partial charge is 0.267 e. The van der Waals surface area contributed by atoms with Crippen LogP contribution in [0.3, 0.4) is 0 Å². The largest absolute Gasteiger partial charge is 0.507 e. The van der Waals surface area contributed by atoms with E-state index in [9.17, 15) is 9.90 Å². The van der Waals surface area contributed by atoms with Crippen LogP contribution in [-0.4, -0.2) is 27.3 Å². The number of benzene rings is 2. The molecule has 0 atom stereocenters. The van der Waals surface area contributed by atoms with Crippen molar-refractivity contribution in [3.63, 3.8) is 0 Å². The van der Waals surface area contributed by atoms with Gasteiger partial charge in [-0.1, -0.05) is 51.3 Å². The van der Waals surface area contributed by atoms with Crippen molar-refractivity contribution in [2.45, 2.75) is 6.54 Å². The summed E-state index contributed by atoms with van der Waals surface area (Å²) < 4.78 is 6.17. The maximum atomic E-state index is 13.1. The summed E-state index contributed by atoms with van der Waals surface area (Å²) in [6, 6.07) is 13.7. The lowest BCUT2D eigenvalue weighted by molar-refractivity contribution is -0.122. The van der Waals surface area contributed by atoms with E-state index in [0.29, 0.717) is 37.0 Å². The Morgan fingerprint density at radius 2 is 2.00 bits per heavy atom. The third kappa shape index (κ3) is 5.10. The first-order valence-corrected chi connectivity index (χ1v) is 11.6. The van der Waals surface area contributed by atoms with Crippen LogP contribution in [-0.2, 0) is 11.3 Å². The Morgan fingerprint density at radius 3 is 2.78 bits per heavy atom. The highest BCUT2D eigenvalue weighted by Crippen LogP contribution is 2.36. The van der Waals surface area contributed by atoms with E-state index in [0.717, 1.165) is 16.2 Å². The zero-order valence-electron chi connectivity index (χ0n) is 16.2. The van der Waals surface area contributed by atoms with Crippen molar-refractivity contribution < 1.29 is 14.3 Å². The molecule has 2 heterocycles. The van der Waals surface area contributed by atoms with E-state index in [2.05, 4.69) is 26.1 Å². The SMILES string of the molecule is O=C1/C(=C/c2cc(Br)ccc2O)S/C(=N/N=C\c2cccc(Cl)c2Cl)N1Cc1ccco1. The molecular formula is C22H14BrCl2N3O3S. The average molecular weight is 551 g/mol. The number of carbonyl (C=O) groups is 1. The minimum absolute atomic E-state index is 0.0608. The molecule has 0 radical (unpaired) electrons. The van der Waals surface area contributed by atoms with Crippen LogP contribution < -0.4 is 0 Å². The molecule has 0 bridgehead atoms. The molecule has 1 aliphatic rings. The molecule has 10 heteroatoms. The molecule has 0 saturated carbocycles. The van der Waals surface area contributed by atoms with Crippen molar-refractivity contribution in [2.24, 2.45) is 10.2 Å². The van der Waals surface area contributed by atoms with Crippen LogP contribution in [0.2, 0.25) is 10.0 Å². The summed E-state index contributed by atoms with van der Waals surface area (Å²) >= 11 is 16.7. The predicted octanol–water partition coefficient (Wildman–Crippen LogP) is 6.56. The second-order valence-corrected chi connectivity index (χ2v) is 9.26. The molecule has 0 aliphatic carbocycles. The summed E-state index contributed by atoms with van der Waals surface area (Å²) in [5, 5.41) is 19.6. The van der Waals surface area contributed by atoms with Gasteiger partial charge in [0.25, 0.3) is 5.91 Å². The molecule has 3 aromatic rings. The zero-order chi connectivity index (χ0) is 22.7. The van der Waals surface area contributed by atoms with Crippen LogP contribution in [0, 0.1) is 0 Å². The lowest BCUT2D eigenvalue weighted by atomic mass is 10.2. The van der Waals surface area contributed by atoms with E-state index in [1.165, 1.54) is 17.4 Å². The van der Waals surface area contributed by atoms with Crippen LogP contribution in [0.25, 0.3) is 6.08 Å². The molecule has 0 unspecified atom stereocenters. The summed E-state index contributed by atoms with van der Waals surface area (Å²) in [4.78, 5) is 15.0. The topological polar surface area (TPSA) is 78.4 Å². The van der Waals surface area contributed by atoms with Gasteiger partial charge in [-0.05, 0) is 54.2 Å². The van der Waals surface area contributed by atoms with Crippen LogP contribution >= 0.6 is 50.9 Å². The zero-order valence-corrected chi connectivity index (χ0v) is 20.1. The monoisotopic (exact) mass is 549 g/mol. The molecule has 1 aromatic heterocycles. The van der Waals surface area contributed by atoms with E-state index in [4.69, 9.17) is 27.6 Å². The van der Waals surface area contributed by atoms with Gasteiger partial charge in [0.05, 0.1) is 34.0 Å². The van der Waals surface area contributed by atoms with Gasteiger partial charge in [-0.2, -0.15) is 5.10 Å². The van der Waals surface area contributed by atoms with Gasteiger partial charge in [-0.25, -0.2) is 0 Å². The Hall–Kier alpha value is -2.52. The van der Waals surface area contributed by atoms with Gasteiger partial charge in [0.2, 0.25) is 0 Å². The molecule has 0 spiro atoms. The number of carbonyl (C=O) groups excluding carboxylic acids is 1. The normalized spacial score (nSPS) is 16.7. The molecule has 2 aromatic carbocycles. The molecule has 1 amide bonds. The summed E-state index contributed by atoms with van der Waals surface area (Å²) in [5.74, 6) is 0.381. The molecule has 1 fully saturated rings. The average Bonchev–Trinajstić information content (AvgIpc) is 3.38. The fourth-order valence-electron chi connectivity index (χ4n) is 2.82. The fourth-order valence-corrected chi connectivity index (χ4v) is 4.48. The highest BCUT2D eigenvalue weighted by Gasteiger charge is 2.34. The van der Waals surface area contributed by atoms with Gasteiger partial charge < -0.3 is 9.52 Å². The van der Waals surface area contributed by atoms with Gasteiger partial charge >= 0.3 is 0 Å². The Bertz CT molecular complexity index is 1260. The molecule has 1 aliphatic heterocycles. The Labute approximate surface area is 206 Å². The van der Waals surface area contributed by atoms with Crippen molar-refractivity contribution in [2.75, 3.05) is 0 Å². The first-order valence-electron chi connectivity index (χ1n) is 9.19. The molecule has 32 heavy (non-hydrogen) atoms. The number of amidine groups is 1. The van der Waals surface area contributed by atoms with Gasteiger partial charge in [0, 0.05) is 15.6 Å². The van der Waals surface area contributed by atoms with Gasteiger partial charge in [0.15, 0.2) is 5.17 Å². The van der Waals surface area contributed by atoms with Crippen molar-refractivity contribution in [3.8, 4) is 5.75 Å². The van der Waals surface area contributed by atoms with E-state index in [1.807, 2.05) is 0 Å². The maximum absolute atomic E-state index is 13.1. The lowest BCUT2D eigenvalue weighted by Gasteiger charge is -2.12. The van der Waals surface area contributed by atoms with Crippen LogP contribution in [0.4, 0.5) is 0 Å². The molecule has 1 saturated heterocycles. The number of amides is 1. The molecular weight excluding hydrogens is 537 g/mol. The van der Waals surface area contributed by atoms with Crippen molar-refractivity contribution in [1.82, 2.24) is 4.90 Å². The Morgan fingerprint density at radius 1 is 1.16 bits per heavy atom. The Balaban J connectivity index is 1.67. The van der Waals surface area contributed by atoms with Crippen LogP contribution in [0.1, 0.15) is 16.9 Å². The summed E-state index contributed by atoms with van der Waals surface area (Å²) in [6.07, 6.45) is 4.62. The number of phenolic OH excluding ortho intramolecular Hbond substituents is 1. The quantitative estimate of drug-likeness (QED) is 0.221. The van der Waals surface area contributed by atoms with E-state index < -0.39 is 0 Å². The minimum atomic E-state index is -0.277. The fraction of sp³-hybridized carbons (Fsp3) is 0.0455. The van der Waals surface area contributed by atoms with Crippen molar-refractivity contribution in [3.05, 3.63) is 91.1 Å². The first-order chi connectivity index (χ1) is 15.4. The van der Waals surface area contributed by atoms with E-state index in [-0.39, 0.29) is 18.2 Å². The number of hydrogen-bond donors (Lipinski definition) is 1. The van der Waals surface area contributed by atoms with Gasteiger partial charge in [-0.15, -0.1) is 5.10 Å². The number of hydrogen-bond acceptors (Lipinski definition) is 6. The lowest BCUT2D eigenvalue weighted by Crippen LogP contribution is -2.28. The third-order valence-electron chi connectivity index (χ3n) is 4.38. The number of nitrogens with zero attached hydrogens (tertiary/aromatic N) is 3. The van der Waals surface area contributed by atoms with Crippen molar-refractivity contribution >= 4 is 74.3 Å². The maximum Gasteiger partial charge on any atom is 0.267 e. The van der Waals surface area contributed by atoms with Crippen LogP contribution in [0.5, 0.6) is 5.75 Å². The molecule has 4 rings (SSSR count). The first kappa shape index (κ1) is 22.7. The predicted molar refractivity (Wildman–Crippen MR) is 132 cm³/mol. The number of halogens is 3. The highest BCUT2D eigenvalue weighted by molar-refractivity contribution is 9.10. The third-order valence-corrected chi connectivity index (χ3v) is 6.70. The summed E-state index contributed by atoms with van der Waals surface area (Å²) in [7, 11) is 0. The highest BCUT2D eigenvalue weighted by atomic mass is 79.9. The number of aromatic hydroxyl groups is 1. The van der Waals surface area contributed by atoms with Crippen molar-refractivity contribution in [1.29, 1.82) is 0 Å². The summed E-state index contributed by atoms with van der Waals surface area (Å²) in [6.45, 7) is 0.187. The number of thioether (sulfide) groups is 1. The van der Waals surface area contributed by atoms with E-state index >= 15 is 0 Å². The minimum Gasteiger partial charge on any atom is -0.507 e. The summed E-state index contributed by atoms with van der Waals surface area (Å²) in [5.41, 5.74) is 1.11. The van der Waals surface area contributed by atoms with Gasteiger partial charge in [0.1, 0.15) is 11.5 Å². The number of phenols is 1. The number of furan rings is 1. The van der Waals surface area contributed by atoms with Crippen LogP contribution in [0.15, 0.2) is 78.8 Å². The van der Waals surface area contributed by atoms with E-state index in [1.54, 1.807) is 54.6 Å². The Kier molecular flexibility index (Phi) is 7.05. The van der Waals surface area contributed by atoms with Gasteiger partial charge in [-0.3, -0.25) is 9.69 Å². The number of rotatable bonds is 5. The second-order valence-electron chi connectivity index (χ2n) is 6.55. The second kappa shape index (κ2) is 9.95. The molecule has 1 N–H and O–H groups in total. The standard InChI is InChI=1S/C22H14BrCl2N3O3S/c23-15-6-7-18(29)14(9-15)10-19-21(30)28(12-16-4-2-8-31-16)22(32-19)27-26-11-13-3-1-5-17(24)20(13)25/h1-11,29H,12H2/b19-10-,26-11-,27-22+. The molecule has 6 nitrogen and oxygen atoms in total. The molecule has 162 valence electrons.